The lowest BCUT2D eigenvalue weighted by molar-refractivity contribution is 0.415. The molecule has 0 saturated carbocycles. The van der Waals surface area contributed by atoms with E-state index in [1.54, 1.807) is 7.11 Å². The Morgan fingerprint density at radius 2 is 1.77 bits per heavy atom. The van der Waals surface area contributed by atoms with E-state index >= 15 is 0 Å². The highest BCUT2D eigenvalue weighted by Gasteiger charge is 2.17. The molecule has 5 aromatic rings. The van der Waals surface area contributed by atoms with Crippen molar-refractivity contribution < 1.29 is 9.13 Å². The molecule has 0 saturated heterocycles. The topological polar surface area (TPSA) is 49.9 Å². The Kier molecular flexibility index (Phi) is 4.96. The lowest BCUT2D eigenvalue weighted by atomic mass is 10.0. The van der Waals surface area contributed by atoms with E-state index in [4.69, 9.17) is 16.3 Å². The number of nitrogens with one attached hydrogen (secondary N) is 2. The molecular formula is C25H19ClFN3O. The highest BCUT2D eigenvalue weighted by atomic mass is 35.5. The summed E-state index contributed by atoms with van der Waals surface area (Å²) in [6, 6.07) is 23.6. The zero-order valence-corrected chi connectivity index (χ0v) is 17.5. The van der Waals surface area contributed by atoms with Gasteiger partial charge in [0.15, 0.2) is 11.6 Å². The van der Waals surface area contributed by atoms with Crippen molar-refractivity contribution >= 4 is 39.1 Å². The van der Waals surface area contributed by atoms with Crippen LogP contribution in [0.5, 0.6) is 5.75 Å². The summed E-state index contributed by atoms with van der Waals surface area (Å²) in [5.41, 5.74) is 2.87. The van der Waals surface area contributed by atoms with Crippen LogP contribution in [0.3, 0.4) is 0 Å². The SMILES string of the molecule is COc1ccc2cc(CNc3n[nH]c4c(F)c(Cl)c(-c5ccccc5)cc34)ccc2c1. The molecule has 0 spiro atoms. The number of rotatable bonds is 5. The number of benzene rings is 4. The molecule has 1 aromatic heterocycles. The second kappa shape index (κ2) is 7.93. The highest BCUT2D eigenvalue weighted by Crippen LogP contribution is 2.37. The monoisotopic (exact) mass is 431 g/mol. The predicted molar refractivity (Wildman–Crippen MR) is 124 cm³/mol. The molecule has 0 aliphatic carbocycles. The van der Waals surface area contributed by atoms with Crippen LogP contribution in [0.15, 0.2) is 72.8 Å². The minimum absolute atomic E-state index is 0.0823. The zero-order valence-electron chi connectivity index (χ0n) is 16.7. The Labute approximate surface area is 183 Å². The number of methoxy groups -OCH3 is 1. The smallest absolute Gasteiger partial charge is 0.168 e. The Morgan fingerprint density at radius 1 is 1.00 bits per heavy atom. The molecule has 0 radical (unpaired) electrons. The third-order valence-corrected chi connectivity index (χ3v) is 5.77. The van der Waals surface area contributed by atoms with E-state index in [1.165, 1.54) is 0 Å². The van der Waals surface area contributed by atoms with Crippen LogP contribution >= 0.6 is 11.6 Å². The third kappa shape index (κ3) is 3.57. The molecule has 0 atom stereocenters. The fraction of sp³-hybridized carbons (Fsp3) is 0.0800. The Bertz CT molecular complexity index is 1400. The summed E-state index contributed by atoms with van der Waals surface area (Å²) < 4.78 is 20.2. The standard InChI is InChI=1S/C25H19ClFN3O/c1-31-19-10-9-17-11-15(7-8-18(17)12-19)14-28-25-21-13-20(16-5-3-2-4-6-16)22(26)23(27)24(21)29-30-25/h2-13H,14H2,1H3,(H2,28,29,30). The first-order valence-electron chi connectivity index (χ1n) is 9.86. The van der Waals surface area contributed by atoms with E-state index in [0.717, 1.165) is 27.6 Å². The molecule has 0 fully saturated rings. The minimum Gasteiger partial charge on any atom is -0.497 e. The number of halogens is 2. The van der Waals surface area contributed by atoms with Gasteiger partial charge in [-0.25, -0.2) is 4.39 Å². The number of hydrogen-bond donors (Lipinski definition) is 2. The van der Waals surface area contributed by atoms with Crippen molar-refractivity contribution in [3.8, 4) is 16.9 Å². The van der Waals surface area contributed by atoms with Gasteiger partial charge in [-0.05, 0) is 46.2 Å². The largest absolute Gasteiger partial charge is 0.497 e. The van der Waals surface area contributed by atoms with Gasteiger partial charge in [-0.3, -0.25) is 5.10 Å². The molecule has 5 rings (SSSR count). The van der Waals surface area contributed by atoms with Crippen molar-refractivity contribution in [3.05, 3.63) is 89.2 Å². The quantitative estimate of drug-likeness (QED) is 0.322. The first kappa shape index (κ1) is 19.4. The summed E-state index contributed by atoms with van der Waals surface area (Å²) in [6.07, 6.45) is 0. The van der Waals surface area contributed by atoms with E-state index in [0.29, 0.717) is 23.3 Å². The molecule has 31 heavy (non-hydrogen) atoms. The first-order chi connectivity index (χ1) is 15.1. The number of ether oxygens (including phenoxy) is 1. The summed E-state index contributed by atoms with van der Waals surface area (Å²) in [4.78, 5) is 0. The first-order valence-corrected chi connectivity index (χ1v) is 10.2. The molecule has 0 aliphatic rings. The van der Waals surface area contributed by atoms with Crippen LogP contribution < -0.4 is 10.1 Å². The maximum Gasteiger partial charge on any atom is 0.168 e. The van der Waals surface area contributed by atoms with Gasteiger partial charge in [-0.15, -0.1) is 0 Å². The van der Waals surface area contributed by atoms with Gasteiger partial charge >= 0.3 is 0 Å². The van der Waals surface area contributed by atoms with E-state index in [-0.39, 0.29) is 10.5 Å². The summed E-state index contributed by atoms with van der Waals surface area (Å²) >= 11 is 6.31. The average Bonchev–Trinajstić information content (AvgIpc) is 3.23. The van der Waals surface area contributed by atoms with Gasteiger partial charge in [0.2, 0.25) is 0 Å². The van der Waals surface area contributed by atoms with E-state index in [9.17, 15) is 4.39 Å². The van der Waals surface area contributed by atoms with Crippen LogP contribution in [0, 0.1) is 5.82 Å². The Balaban J connectivity index is 1.47. The number of anilines is 1. The maximum absolute atomic E-state index is 14.9. The molecule has 6 heteroatoms. The van der Waals surface area contributed by atoms with Gasteiger partial charge in [-0.2, -0.15) is 5.10 Å². The molecule has 0 amide bonds. The van der Waals surface area contributed by atoms with Gasteiger partial charge in [0.1, 0.15) is 11.3 Å². The van der Waals surface area contributed by atoms with E-state index in [2.05, 4.69) is 33.7 Å². The fourth-order valence-corrected chi connectivity index (χ4v) is 4.01. The van der Waals surface area contributed by atoms with Crippen LogP contribution in [0.1, 0.15) is 5.56 Å². The summed E-state index contributed by atoms with van der Waals surface area (Å²) in [5.74, 6) is 0.909. The molecular weight excluding hydrogens is 413 g/mol. The molecule has 154 valence electrons. The lowest BCUT2D eigenvalue weighted by Gasteiger charge is -2.09. The third-order valence-electron chi connectivity index (χ3n) is 5.40. The van der Waals surface area contributed by atoms with Crippen LogP contribution in [0.25, 0.3) is 32.8 Å². The maximum atomic E-state index is 14.9. The molecule has 0 unspecified atom stereocenters. The van der Waals surface area contributed by atoms with Crippen LogP contribution in [-0.4, -0.2) is 17.3 Å². The van der Waals surface area contributed by atoms with Crippen molar-refractivity contribution in [1.29, 1.82) is 0 Å². The highest BCUT2D eigenvalue weighted by molar-refractivity contribution is 6.34. The van der Waals surface area contributed by atoms with Gasteiger partial charge < -0.3 is 10.1 Å². The number of fused-ring (bicyclic) bond motifs is 2. The second-order valence-electron chi connectivity index (χ2n) is 7.31. The molecule has 4 aromatic carbocycles. The van der Waals surface area contributed by atoms with Crippen LogP contribution in [0.2, 0.25) is 5.02 Å². The number of hydrogen-bond acceptors (Lipinski definition) is 3. The number of H-pyrrole nitrogens is 1. The molecule has 0 aliphatic heterocycles. The molecule has 2 N–H and O–H groups in total. The normalized spacial score (nSPS) is 11.2. The lowest BCUT2D eigenvalue weighted by Crippen LogP contribution is -2.00. The van der Waals surface area contributed by atoms with E-state index in [1.807, 2.05) is 54.6 Å². The number of nitrogens with zero attached hydrogens (tertiary/aromatic N) is 1. The molecule has 0 bridgehead atoms. The summed E-state index contributed by atoms with van der Waals surface area (Å²) in [7, 11) is 1.66. The summed E-state index contributed by atoms with van der Waals surface area (Å²) in [5, 5.41) is 13.3. The second-order valence-corrected chi connectivity index (χ2v) is 7.69. The Morgan fingerprint density at radius 3 is 2.58 bits per heavy atom. The van der Waals surface area contributed by atoms with Crippen molar-refractivity contribution in [1.82, 2.24) is 10.2 Å². The van der Waals surface area contributed by atoms with Crippen LogP contribution in [0.4, 0.5) is 10.2 Å². The van der Waals surface area contributed by atoms with Crippen molar-refractivity contribution in [2.24, 2.45) is 0 Å². The predicted octanol–water partition coefficient (Wildman–Crippen LogP) is 6.80. The molecule has 1 heterocycles. The number of aromatic nitrogens is 2. The van der Waals surface area contributed by atoms with Gasteiger partial charge in [0.05, 0.1) is 12.1 Å². The van der Waals surface area contributed by atoms with Crippen molar-refractivity contribution in [2.75, 3.05) is 12.4 Å². The van der Waals surface area contributed by atoms with Gasteiger partial charge in [-0.1, -0.05) is 60.1 Å². The summed E-state index contributed by atoms with van der Waals surface area (Å²) in [6.45, 7) is 0.548. The molecule has 4 nitrogen and oxygen atoms in total. The van der Waals surface area contributed by atoms with Gasteiger partial charge in [0.25, 0.3) is 0 Å². The fourth-order valence-electron chi connectivity index (χ4n) is 3.75. The zero-order chi connectivity index (χ0) is 21.4. The minimum atomic E-state index is -0.502. The average molecular weight is 432 g/mol. The Hall–Kier alpha value is -3.57. The van der Waals surface area contributed by atoms with E-state index < -0.39 is 5.82 Å². The van der Waals surface area contributed by atoms with Crippen molar-refractivity contribution in [2.45, 2.75) is 6.54 Å². The van der Waals surface area contributed by atoms with Gasteiger partial charge in [0, 0.05) is 17.5 Å². The number of aromatic amines is 1. The van der Waals surface area contributed by atoms with Crippen LogP contribution in [-0.2, 0) is 6.54 Å². The van der Waals surface area contributed by atoms with Crippen molar-refractivity contribution in [3.63, 3.8) is 0 Å².